The van der Waals surface area contributed by atoms with Crippen molar-refractivity contribution in [3.63, 3.8) is 0 Å². The molecule has 1 aliphatic rings. The first-order valence-corrected chi connectivity index (χ1v) is 9.00. The highest BCUT2D eigenvalue weighted by molar-refractivity contribution is 9.09. The van der Waals surface area contributed by atoms with Gasteiger partial charge in [0.1, 0.15) is 0 Å². The zero-order valence-electron chi connectivity index (χ0n) is 11.0. The average Bonchev–Trinajstić information content (AvgIpc) is 2.79. The molecule has 0 saturated carbocycles. The predicted octanol–water partition coefficient (Wildman–Crippen LogP) is 3.29. The Kier molecular flexibility index (Phi) is 4.69. The van der Waals surface area contributed by atoms with Gasteiger partial charge in [-0.15, -0.1) is 0 Å². The van der Waals surface area contributed by atoms with Crippen LogP contribution in [0, 0.1) is 5.92 Å². The number of anilines is 1. The van der Waals surface area contributed by atoms with Crippen molar-refractivity contribution in [1.82, 2.24) is 0 Å². The van der Waals surface area contributed by atoms with E-state index in [2.05, 4.69) is 22.9 Å². The van der Waals surface area contributed by atoms with Gasteiger partial charge in [0, 0.05) is 17.9 Å². The molecule has 2 atom stereocenters. The van der Waals surface area contributed by atoms with Crippen LogP contribution in [0.2, 0.25) is 0 Å². The standard InChI is InChI=1S/C13H16BrF2NO2S/c1-9-6-7-17(11(9)8-14)10-4-2-3-5-12(10)20(18,19)13(15)16/h2-5,9,11,13H,6-8H2,1H3. The van der Waals surface area contributed by atoms with Crippen molar-refractivity contribution in [3.05, 3.63) is 24.3 Å². The summed E-state index contributed by atoms with van der Waals surface area (Å²) in [5, 5.41) is 0.678. The summed E-state index contributed by atoms with van der Waals surface area (Å²) in [5.41, 5.74) is 0.376. The maximum absolute atomic E-state index is 12.8. The Morgan fingerprint density at radius 2 is 2.05 bits per heavy atom. The van der Waals surface area contributed by atoms with Gasteiger partial charge in [-0.1, -0.05) is 35.0 Å². The monoisotopic (exact) mass is 367 g/mol. The Labute approximate surface area is 126 Å². The van der Waals surface area contributed by atoms with E-state index >= 15 is 0 Å². The van der Waals surface area contributed by atoms with Crippen molar-refractivity contribution >= 4 is 31.5 Å². The molecule has 1 aliphatic heterocycles. The molecular weight excluding hydrogens is 352 g/mol. The van der Waals surface area contributed by atoms with Crippen LogP contribution in [-0.4, -0.2) is 32.1 Å². The number of hydrogen-bond acceptors (Lipinski definition) is 3. The van der Waals surface area contributed by atoms with Gasteiger partial charge in [-0.25, -0.2) is 8.42 Å². The number of nitrogens with zero attached hydrogens (tertiary/aromatic N) is 1. The first-order chi connectivity index (χ1) is 9.39. The molecule has 0 radical (unpaired) electrons. The SMILES string of the molecule is CC1CCN(c2ccccc2S(=O)(=O)C(F)F)C1CBr. The summed E-state index contributed by atoms with van der Waals surface area (Å²) in [6.07, 6.45) is 0.916. The molecule has 0 amide bonds. The van der Waals surface area contributed by atoms with E-state index in [1.54, 1.807) is 12.1 Å². The summed E-state index contributed by atoms with van der Waals surface area (Å²) in [5.74, 6) is -3.01. The molecule has 1 fully saturated rings. The molecule has 0 bridgehead atoms. The summed E-state index contributed by atoms with van der Waals surface area (Å²) >= 11 is 3.42. The van der Waals surface area contributed by atoms with Gasteiger partial charge in [0.25, 0.3) is 0 Å². The highest BCUT2D eigenvalue weighted by atomic mass is 79.9. The van der Waals surface area contributed by atoms with Crippen molar-refractivity contribution in [2.45, 2.75) is 30.0 Å². The fourth-order valence-electron chi connectivity index (χ4n) is 2.57. The van der Waals surface area contributed by atoms with Crippen molar-refractivity contribution in [2.75, 3.05) is 16.8 Å². The molecule has 1 heterocycles. The summed E-state index contributed by atoms with van der Waals surface area (Å²) in [6, 6.07) is 6.12. The molecule has 7 heteroatoms. The van der Waals surface area contributed by atoms with E-state index in [1.165, 1.54) is 12.1 Å². The number of rotatable bonds is 4. The molecule has 1 aromatic carbocycles. The van der Waals surface area contributed by atoms with Crippen molar-refractivity contribution in [1.29, 1.82) is 0 Å². The first kappa shape index (κ1) is 15.7. The normalized spacial score (nSPS) is 23.6. The Hall–Kier alpha value is -0.690. The molecule has 2 unspecified atom stereocenters. The van der Waals surface area contributed by atoms with E-state index in [0.29, 0.717) is 23.5 Å². The number of halogens is 3. The lowest BCUT2D eigenvalue weighted by Gasteiger charge is -2.29. The van der Waals surface area contributed by atoms with Gasteiger partial charge in [-0.2, -0.15) is 8.78 Å². The smallest absolute Gasteiger partial charge is 0.341 e. The molecule has 0 aromatic heterocycles. The van der Waals surface area contributed by atoms with E-state index in [1.807, 2.05) is 4.90 Å². The third-order valence-corrected chi connectivity index (χ3v) is 5.85. The molecule has 0 N–H and O–H groups in total. The van der Waals surface area contributed by atoms with Crippen molar-refractivity contribution in [2.24, 2.45) is 5.92 Å². The Balaban J connectivity index is 2.49. The zero-order chi connectivity index (χ0) is 14.9. The summed E-state index contributed by atoms with van der Waals surface area (Å²) in [6.45, 7) is 2.75. The molecule has 1 aromatic rings. The molecule has 3 nitrogen and oxygen atoms in total. The van der Waals surface area contributed by atoms with E-state index < -0.39 is 15.6 Å². The van der Waals surface area contributed by atoms with Crippen LogP contribution >= 0.6 is 15.9 Å². The zero-order valence-corrected chi connectivity index (χ0v) is 13.4. The molecule has 0 spiro atoms. The Morgan fingerprint density at radius 3 is 2.65 bits per heavy atom. The average molecular weight is 368 g/mol. The van der Waals surface area contributed by atoms with Crippen LogP contribution in [0.5, 0.6) is 0 Å². The van der Waals surface area contributed by atoms with Crippen LogP contribution in [0.15, 0.2) is 29.2 Å². The van der Waals surface area contributed by atoms with E-state index in [-0.39, 0.29) is 10.9 Å². The summed E-state index contributed by atoms with van der Waals surface area (Å²) < 4.78 is 49.2. The van der Waals surface area contributed by atoms with Crippen LogP contribution in [0.25, 0.3) is 0 Å². The van der Waals surface area contributed by atoms with Crippen molar-refractivity contribution < 1.29 is 17.2 Å². The van der Waals surface area contributed by atoms with Gasteiger partial charge in [-0.3, -0.25) is 0 Å². The van der Waals surface area contributed by atoms with E-state index in [0.717, 1.165) is 6.42 Å². The van der Waals surface area contributed by atoms with E-state index in [9.17, 15) is 17.2 Å². The van der Waals surface area contributed by atoms with Gasteiger partial charge in [-0.05, 0) is 24.5 Å². The molecular formula is C13H16BrF2NO2S. The third-order valence-electron chi connectivity index (χ3n) is 3.76. The van der Waals surface area contributed by atoms with Crippen LogP contribution in [-0.2, 0) is 9.84 Å². The quantitative estimate of drug-likeness (QED) is 0.766. The molecule has 20 heavy (non-hydrogen) atoms. The van der Waals surface area contributed by atoms with Crippen LogP contribution < -0.4 is 4.90 Å². The number of hydrogen-bond donors (Lipinski definition) is 0. The number of alkyl halides is 3. The minimum absolute atomic E-state index is 0.115. The van der Waals surface area contributed by atoms with Crippen molar-refractivity contribution in [3.8, 4) is 0 Å². The van der Waals surface area contributed by atoms with Gasteiger partial charge < -0.3 is 4.90 Å². The molecule has 1 saturated heterocycles. The number of benzene rings is 1. The summed E-state index contributed by atoms with van der Waals surface area (Å²) in [4.78, 5) is 1.63. The Morgan fingerprint density at radius 1 is 1.40 bits per heavy atom. The van der Waals surface area contributed by atoms with Gasteiger partial charge in [0.05, 0.1) is 10.6 Å². The van der Waals surface area contributed by atoms with Crippen LogP contribution in [0.1, 0.15) is 13.3 Å². The fourth-order valence-corrected chi connectivity index (χ4v) is 4.50. The second-order valence-electron chi connectivity index (χ2n) is 4.95. The highest BCUT2D eigenvalue weighted by Crippen LogP contribution is 2.36. The van der Waals surface area contributed by atoms with Gasteiger partial charge in [0.2, 0.25) is 9.84 Å². The lowest BCUT2D eigenvalue weighted by Crippen LogP contribution is -2.34. The largest absolute Gasteiger partial charge is 0.366 e. The predicted molar refractivity (Wildman–Crippen MR) is 78.3 cm³/mol. The Bertz CT molecular complexity index is 579. The summed E-state index contributed by atoms with van der Waals surface area (Å²) in [7, 11) is -4.58. The topological polar surface area (TPSA) is 37.4 Å². The van der Waals surface area contributed by atoms with Crippen LogP contribution in [0.3, 0.4) is 0 Å². The van der Waals surface area contributed by atoms with E-state index in [4.69, 9.17) is 0 Å². The number of sulfone groups is 1. The third kappa shape index (κ3) is 2.70. The van der Waals surface area contributed by atoms with Crippen LogP contribution in [0.4, 0.5) is 14.5 Å². The first-order valence-electron chi connectivity index (χ1n) is 6.33. The van der Waals surface area contributed by atoms with Gasteiger partial charge >= 0.3 is 5.76 Å². The molecule has 2 rings (SSSR count). The molecule has 112 valence electrons. The fraction of sp³-hybridized carbons (Fsp3) is 0.538. The second kappa shape index (κ2) is 5.97. The minimum atomic E-state index is -4.58. The lowest BCUT2D eigenvalue weighted by atomic mass is 10.1. The molecule has 0 aliphatic carbocycles. The van der Waals surface area contributed by atoms with Gasteiger partial charge in [0.15, 0.2) is 0 Å². The number of para-hydroxylation sites is 1. The maximum atomic E-state index is 12.8. The second-order valence-corrected chi connectivity index (χ2v) is 7.49. The maximum Gasteiger partial charge on any atom is 0.341 e. The highest BCUT2D eigenvalue weighted by Gasteiger charge is 2.36. The minimum Gasteiger partial charge on any atom is -0.366 e. The lowest BCUT2D eigenvalue weighted by molar-refractivity contribution is 0.235.